The zero-order valence-electron chi connectivity index (χ0n) is 14.3. The highest BCUT2D eigenvalue weighted by atomic mass is 79.9. The summed E-state index contributed by atoms with van der Waals surface area (Å²) in [6.45, 7) is 6.75. The maximum absolute atomic E-state index is 12.5. The van der Waals surface area contributed by atoms with Crippen molar-refractivity contribution in [2.24, 2.45) is 0 Å². The first kappa shape index (κ1) is 18.4. The highest BCUT2D eigenvalue weighted by Crippen LogP contribution is 2.20. The molecule has 0 fully saturated rings. The lowest BCUT2D eigenvalue weighted by Crippen LogP contribution is -2.16. The minimum Gasteiger partial charge on any atom is -0.370 e. The van der Waals surface area contributed by atoms with Crippen LogP contribution < -0.4 is 10.6 Å². The number of nitrogens with zero attached hydrogens (tertiary/aromatic N) is 2. The molecule has 0 aliphatic carbocycles. The highest BCUT2D eigenvalue weighted by molar-refractivity contribution is 9.10. The molecule has 0 radical (unpaired) electrons. The molecule has 128 valence electrons. The average Bonchev–Trinajstić information content (AvgIpc) is 2.53. The third-order valence-corrected chi connectivity index (χ3v) is 4.09. The largest absolute Gasteiger partial charge is 0.370 e. The third kappa shape index (κ3) is 5.30. The molecule has 0 aliphatic rings. The lowest BCUT2D eigenvalue weighted by atomic mass is 10.2. The Morgan fingerprint density at radius 1 is 1.17 bits per heavy atom. The molecule has 1 aromatic carbocycles. The number of carbonyl (C=O) groups excluding carboxylic acids is 1. The Balaban J connectivity index is 2.09. The molecular weight excluding hydrogens is 368 g/mol. The van der Waals surface area contributed by atoms with E-state index in [1.54, 1.807) is 13.0 Å². The van der Waals surface area contributed by atoms with Gasteiger partial charge in [0.1, 0.15) is 17.3 Å². The number of rotatable bonds is 7. The van der Waals surface area contributed by atoms with Crippen LogP contribution in [0.5, 0.6) is 0 Å². The molecule has 1 heterocycles. The summed E-state index contributed by atoms with van der Waals surface area (Å²) >= 11 is 3.42. The number of carbonyl (C=O) groups is 1. The zero-order valence-corrected chi connectivity index (χ0v) is 15.9. The maximum Gasteiger partial charge on any atom is 0.274 e. The van der Waals surface area contributed by atoms with Crippen molar-refractivity contribution in [3.63, 3.8) is 0 Å². The van der Waals surface area contributed by atoms with E-state index < -0.39 is 0 Å². The number of anilines is 2. The topological polar surface area (TPSA) is 66.9 Å². The van der Waals surface area contributed by atoms with Crippen molar-refractivity contribution in [1.29, 1.82) is 0 Å². The SMILES string of the molecule is CCCCCNc1cc(C(=O)Nc2ccc(Br)cc2C)nc(C)n1. The van der Waals surface area contributed by atoms with Crippen LogP contribution in [0.15, 0.2) is 28.7 Å². The number of amides is 1. The summed E-state index contributed by atoms with van der Waals surface area (Å²) in [5.41, 5.74) is 2.13. The molecule has 1 aromatic heterocycles. The number of benzene rings is 1. The van der Waals surface area contributed by atoms with Crippen LogP contribution in [0.4, 0.5) is 11.5 Å². The molecule has 24 heavy (non-hydrogen) atoms. The fourth-order valence-electron chi connectivity index (χ4n) is 2.32. The molecule has 0 aliphatic heterocycles. The quantitative estimate of drug-likeness (QED) is 0.671. The molecule has 1 amide bonds. The van der Waals surface area contributed by atoms with Gasteiger partial charge in [-0.25, -0.2) is 9.97 Å². The van der Waals surface area contributed by atoms with E-state index in [0.29, 0.717) is 17.3 Å². The minimum atomic E-state index is -0.234. The van der Waals surface area contributed by atoms with Crippen LogP contribution in [-0.2, 0) is 0 Å². The number of unbranched alkanes of at least 4 members (excludes halogenated alkanes) is 2. The fourth-order valence-corrected chi connectivity index (χ4v) is 2.80. The van der Waals surface area contributed by atoms with E-state index in [2.05, 4.69) is 43.5 Å². The molecule has 0 saturated heterocycles. The number of hydrogen-bond acceptors (Lipinski definition) is 4. The molecule has 0 spiro atoms. The molecule has 5 nitrogen and oxygen atoms in total. The second-order valence-electron chi connectivity index (χ2n) is 5.73. The van der Waals surface area contributed by atoms with Crippen molar-refractivity contribution in [2.45, 2.75) is 40.0 Å². The lowest BCUT2D eigenvalue weighted by Gasteiger charge is -2.10. The molecule has 0 bridgehead atoms. The van der Waals surface area contributed by atoms with Gasteiger partial charge in [-0.05, 0) is 44.0 Å². The van der Waals surface area contributed by atoms with Gasteiger partial charge in [0.15, 0.2) is 0 Å². The second-order valence-corrected chi connectivity index (χ2v) is 6.65. The highest BCUT2D eigenvalue weighted by Gasteiger charge is 2.12. The van der Waals surface area contributed by atoms with Crippen molar-refractivity contribution in [3.05, 3.63) is 45.8 Å². The minimum absolute atomic E-state index is 0.234. The van der Waals surface area contributed by atoms with Crippen molar-refractivity contribution in [3.8, 4) is 0 Å². The Kier molecular flexibility index (Phi) is 6.73. The Labute approximate surface area is 151 Å². The first-order chi connectivity index (χ1) is 11.5. The number of nitrogens with one attached hydrogen (secondary N) is 2. The molecule has 2 rings (SSSR count). The van der Waals surface area contributed by atoms with E-state index in [-0.39, 0.29) is 5.91 Å². The van der Waals surface area contributed by atoms with Gasteiger partial charge in [0, 0.05) is 22.8 Å². The first-order valence-corrected chi connectivity index (χ1v) is 8.96. The van der Waals surface area contributed by atoms with Crippen molar-refractivity contribution in [2.75, 3.05) is 17.2 Å². The first-order valence-electron chi connectivity index (χ1n) is 8.16. The second kappa shape index (κ2) is 8.78. The molecule has 0 unspecified atom stereocenters. The standard InChI is InChI=1S/C18H23BrN4O/c1-4-5-6-9-20-17-11-16(21-13(3)22-17)18(24)23-15-8-7-14(19)10-12(15)2/h7-8,10-11H,4-6,9H2,1-3H3,(H,23,24)(H,20,21,22). The summed E-state index contributed by atoms with van der Waals surface area (Å²) in [6, 6.07) is 7.42. The van der Waals surface area contributed by atoms with Gasteiger partial charge in [-0.15, -0.1) is 0 Å². The summed E-state index contributed by atoms with van der Waals surface area (Å²) in [4.78, 5) is 21.1. The monoisotopic (exact) mass is 390 g/mol. The maximum atomic E-state index is 12.5. The van der Waals surface area contributed by atoms with Crippen molar-refractivity contribution < 1.29 is 4.79 Å². The van der Waals surface area contributed by atoms with Crippen LogP contribution in [0.3, 0.4) is 0 Å². The smallest absolute Gasteiger partial charge is 0.274 e. The molecule has 6 heteroatoms. The van der Waals surface area contributed by atoms with E-state index in [0.717, 1.165) is 28.7 Å². The number of aryl methyl sites for hydroxylation is 2. The van der Waals surface area contributed by atoms with Gasteiger partial charge in [-0.3, -0.25) is 4.79 Å². The molecule has 0 saturated carbocycles. The van der Waals surface area contributed by atoms with Crippen molar-refractivity contribution >= 4 is 33.3 Å². The lowest BCUT2D eigenvalue weighted by molar-refractivity contribution is 0.102. The van der Waals surface area contributed by atoms with E-state index >= 15 is 0 Å². The predicted octanol–water partition coefficient (Wildman–Crippen LogP) is 4.71. The Morgan fingerprint density at radius 2 is 1.96 bits per heavy atom. The Morgan fingerprint density at radius 3 is 2.67 bits per heavy atom. The average molecular weight is 391 g/mol. The van der Waals surface area contributed by atoms with Gasteiger partial charge in [0.25, 0.3) is 5.91 Å². The van der Waals surface area contributed by atoms with Crippen molar-refractivity contribution in [1.82, 2.24) is 9.97 Å². The van der Waals surface area contributed by atoms with Crippen LogP contribution in [-0.4, -0.2) is 22.4 Å². The van der Waals surface area contributed by atoms with Gasteiger partial charge >= 0.3 is 0 Å². The van der Waals surface area contributed by atoms with E-state index in [1.807, 2.05) is 25.1 Å². The number of hydrogen-bond donors (Lipinski definition) is 2. The van der Waals surface area contributed by atoms with Crippen LogP contribution in [0.25, 0.3) is 0 Å². The summed E-state index contributed by atoms with van der Waals surface area (Å²) in [5, 5.41) is 6.17. The summed E-state index contributed by atoms with van der Waals surface area (Å²) in [6.07, 6.45) is 3.43. The number of halogens is 1. The zero-order chi connectivity index (χ0) is 17.5. The predicted molar refractivity (Wildman–Crippen MR) is 102 cm³/mol. The van der Waals surface area contributed by atoms with E-state index in [1.165, 1.54) is 12.8 Å². The van der Waals surface area contributed by atoms with Gasteiger partial charge in [0.05, 0.1) is 0 Å². The van der Waals surface area contributed by atoms with Gasteiger partial charge < -0.3 is 10.6 Å². The summed E-state index contributed by atoms with van der Waals surface area (Å²) in [7, 11) is 0. The van der Waals surface area contributed by atoms with Crippen LogP contribution in [0, 0.1) is 13.8 Å². The molecule has 0 atom stereocenters. The number of aromatic nitrogens is 2. The van der Waals surface area contributed by atoms with Gasteiger partial charge in [0.2, 0.25) is 0 Å². The molecule has 2 aromatic rings. The van der Waals surface area contributed by atoms with Crippen LogP contribution in [0.2, 0.25) is 0 Å². The van der Waals surface area contributed by atoms with Gasteiger partial charge in [-0.1, -0.05) is 35.7 Å². The van der Waals surface area contributed by atoms with Gasteiger partial charge in [-0.2, -0.15) is 0 Å². The third-order valence-electron chi connectivity index (χ3n) is 3.59. The van der Waals surface area contributed by atoms with Crippen LogP contribution in [0.1, 0.15) is 48.1 Å². The van der Waals surface area contributed by atoms with Crippen LogP contribution >= 0.6 is 15.9 Å². The molecule has 2 N–H and O–H groups in total. The molecular formula is C18H23BrN4O. The summed E-state index contributed by atoms with van der Waals surface area (Å²) in [5.74, 6) is 1.03. The van der Waals surface area contributed by atoms with E-state index in [9.17, 15) is 4.79 Å². The normalized spacial score (nSPS) is 10.5. The van der Waals surface area contributed by atoms with E-state index in [4.69, 9.17) is 0 Å². The summed E-state index contributed by atoms with van der Waals surface area (Å²) < 4.78 is 0.981. The Bertz CT molecular complexity index is 718. The fraction of sp³-hybridized carbons (Fsp3) is 0.389. The Hall–Kier alpha value is -1.95.